The van der Waals surface area contributed by atoms with Crippen LogP contribution in [0.25, 0.3) is 10.8 Å². The summed E-state index contributed by atoms with van der Waals surface area (Å²) in [6.07, 6.45) is 1.90. The molecule has 0 radical (unpaired) electrons. The molecule has 3 rings (SSSR count). The van der Waals surface area contributed by atoms with E-state index in [0.717, 1.165) is 18.2 Å². The van der Waals surface area contributed by atoms with Gasteiger partial charge in [-0.15, -0.1) is 0 Å². The van der Waals surface area contributed by atoms with Crippen LogP contribution >= 0.6 is 0 Å². The molecule has 80 valence electrons. The van der Waals surface area contributed by atoms with Gasteiger partial charge in [-0.3, -0.25) is 10.1 Å². The van der Waals surface area contributed by atoms with Crippen LogP contribution in [0.1, 0.15) is 11.1 Å². The molecule has 2 aromatic carbocycles. The van der Waals surface area contributed by atoms with E-state index in [-0.39, 0.29) is 10.6 Å². The van der Waals surface area contributed by atoms with E-state index in [1.165, 1.54) is 11.1 Å². The Bertz CT molecular complexity index is 610. The van der Waals surface area contributed by atoms with Crippen molar-refractivity contribution in [1.29, 1.82) is 0 Å². The summed E-state index contributed by atoms with van der Waals surface area (Å²) in [4.78, 5) is 10.6. The first kappa shape index (κ1) is 9.15. The Morgan fingerprint density at radius 1 is 1.06 bits per heavy atom. The highest BCUT2D eigenvalue weighted by molar-refractivity contribution is 6.04. The lowest BCUT2D eigenvalue weighted by Gasteiger charge is -2.05. The lowest BCUT2D eigenvalue weighted by Crippen LogP contribution is -1.95. The number of hydrogen-bond donors (Lipinski definition) is 1. The molecule has 0 atom stereocenters. The second kappa shape index (κ2) is 2.95. The van der Waals surface area contributed by atoms with E-state index >= 15 is 0 Å². The summed E-state index contributed by atoms with van der Waals surface area (Å²) >= 11 is 0. The molecule has 16 heavy (non-hydrogen) atoms. The molecule has 2 N–H and O–H groups in total. The summed E-state index contributed by atoms with van der Waals surface area (Å²) in [5.41, 5.74) is 8.80. The van der Waals surface area contributed by atoms with Crippen LogP contribution < -0.4 is 5.73 Å². The number of nitrogen functional groups attached to an aromatic ring is 1. The fourth-order valence-electron chi connectivity index (χ4n) is 2.49. The van der Waals surface area contributed by atoms with Gasteiger partial charge in [0.1, 0.15) is 0 Å². The molecule has 0 unspecified atom stereocenters. The average molecular weight is 214 g/mol. The fraction of sp³-hybridized carbons (Fsp3) is 0.167. The molecule has 0 spiro atoms. The van der Waals surface area contributed by atoms with Crippen LogP contribution in [0.4, 0.5) is 11.4 Å². The van der Waals surface area contributed by atoms with Gasteiger partial charge in [-0.2, -0.15) is 0 Å². The summed E-state index contributed by atoms with van der Waals surface area (Å²) < 4.78 is 0. The molecule has 0 saturated heterocycles. The molecule has 0 fully saturated rings. The van der Waals surface area contributed by atoms with Crippen molar-refractivity contribution in [2.45, 2.75) is 12.8 Å². The predicted molar refractivity (Wildman–Crippen MR) is 62.4 cm³/mol. The normalized spacial score (nSPS) is 13.2. The first-order valence-corrected chi connectivity index (χ1v) is 5.16. The van der Waals surface area contributed by atoms with Gasteiger partial charge in [-0.05, 0) is 35.4 Å². The molecule has 0 aromatic heterocycles. The Morgan fingerprint density at radius 3 is 2.31 bits per heavy atom. The number of anilines is 1. The minimum Gasteiger partial charge on any atom is -0.398 e. The molecule has 0 bridgehead atoms. The fourth-order valence-corrected chi connectivity index (χ4v) is 2.49. The smallest absolute Gasteiger partial charge is 0.279 e. The highest BCUT2D eigenvalue weighted by Crippen LogP contribution is 2.39. The molecule has 0 saturated carbocycles. The van der Waals surface area contributed by atoms with Crippen LogP contribution in [0.5, 0.6) is 0 Å². The number of benzene rings is 2. The maximum atomic E-state index is 11.0. The Hall–Kier alpha value is -2.10. The number of nitro benzene ring substituents is 1. The summed E-state index contributed by atoms with van der Waals surface area (Å²) in [5.74, 6) is 0. The van der Waals surface area contributed by atoms with E-state index in [1.54, 1.807) is 12.1 Å². The monoisotopic (exact) mass is 214 g/mol. The molecule has 0 amide bonds. The molecule has 4 nitrogen and oxygen atoms in total. The average Bonchev–Trinajstić information content (AvgIpc) is 2.67. The summed E-state index contributed by atoms with van der Waals surface area (Å²) in [5, 5.41) is 12.6. The summed E-state index contributed by atoms with van der Waals surface area (Å²) in [7, 11) is 0. The number of nitrogens with zero attached hydrogens (tertiary/aromatic N) is 1. The van der Waals surface area contributed by atoms with Crippen molar-refractivity contribution in [3.8, 4) is 0 Å². The van der Waals surface area contributed by atoms with Gasteiger partial charge < -0.3 is 5.73 Å². The van der Waals surface area contributed by atoms with Gasteiger partial charge in [0.2, 0.25) is 0 Å². The van der Waals surface area contributed by atoms with Crippen molar-refractivity contribution >= 4 is 22.1 Å². The quantitative estimate of drug-likeness (QED) is 0.450. The largest absolute Gasteiger partial charge is 0.398 e. The third-order valence-electron chi connectivity index (χ3n) is 3.20. The zero-order valence-electron chi connectivity index (χ0n) is 8.56. The van der Waals surface area contributed by atoms with Gasteiger partial charge in [0.25, 0.3) is 5.69 Å². The molecule has 2 aromatic rings. The Labute approximate surface area is 91.8 Å². The highest BCUT2D eigenvalue weighted by atomic mass is 16.6. The predicted octanol–water partition coefficient (Wildman–Crippen LogP) is 2.43. The first-order chi connectivity index (χ1) is 7.68. The van der Waals surface area contributed by atoms with Gasteiger partial charge in [0.15, 0.2) is 0 Å². The Morgan fingerprint density at radius 2 is 1.69 bits per heavy atom. The topological polar surface area (TPSA) is 69.2 Å². The number of non-ortho nitro benzene ring substituents is 1. The molecule has 0 heterocycles. The van der Waals surface area contributed by atoms with Gasteiger partial charge in [-0.25, -0.2) is 0 Å². The van der Waals surface area contributed by atoms with Crippen molar-refractivity contribution in [3.05, 3.63) is 45.5 Å². The molecule has 0 aliphatic heterocycles. The van der Waals surface area contributed by atoms with E-state index < -0.39 is 0 Å². The van der Waals surface area contributed by atoms with Crippen molar-refractivity contribution in [3.63, 3.8) is 0 Å². The zero-order chi connectivity index (χ0) is 11.3. The maximum absolute atomic E-state index is 11.0. The second-order valence-corrected chi connectivity index (χ2v) is 4.06. The van der Waals surface area contributed by atoms with E-state index in [9.17, 15) is 10.1 Å². The Kier molecular flexibility index (Phi) is 1.68. The minimum absolute atomic E-state index is 0.111. The standard InChI is InChI=1S/C12H10N2O2/c13-9-5-3-7-1-2-8-4-6-10(14(15)16)12(9)11(7)8/h3-6H,1-2,13H2. The van der Waals surface area contributed by atoms with E-state index in [4.69, 9.17) is 5.73 Å². The van der Waals surface area contributed by atoms with Crippen LogP contribution in [0.3, 0.4) is 0 Å². The number of nitro groups is 1. The van der Waals surface area contributed by atoms with E-state index in [1.807, 2.05) is 12.1 Å². The zero-order valence-corrected chi connectivity index (χ0v) is 8.56. The third kappa shape index (κ3) is 1.04. The van der Waals surface area contributed by atoms with Gasteiger partial charge >= 0.3 is 0 Å². The molecular formula is C12H10N2O2. The SMILES string of the molecule is Nc1ccc2c3c(ccc([N+](=O)[O-])c13)CC2. The Balaban J connectivity index is 2.53. The molecule has 4 heteroatoms. The van der Waals surface area contributed by atoms with Crippen LogP contribution in [-0.2, 0) is 12.8 Å². The number of aryl methyl sites for hydroxylation is 2. The van der Waals surface area contributed by atoms with Crippen LogP contribution in [-0.4, -0.2) is 4.92 Å². The third-order valence-corrected chi connectivity index (χ3v) is 3.20. The first-order valence-electron chi connectivity index (χ1n) is 5.16. The van der Waals surface area contributed by atoms with E-state index in [0.29, 0.717) is 11.1 Å². The van der Waals surface area contributed by atoms with Crippen LogP contribution in [0.2, 0.25) is 0 Å². The van der Waals surface area contributed by atoms with Crippen molar-refractivity contribution in [1.82, 2.24) is 0 Å². The maximum Gasteiger partial charge on any atom is 0.279 e. The van der Waals surface area contributed by atoms with Crippen molar-refractivity contribution in [2.75, 3.05) is 5.73 Å². The molecule has 1 aliphatic rings. The highest BCUT2D eigenvalue weighted by Gasteiger charge is 2.22. The van der Waals surface area contributed by atoms with Gasteiger partial charge in [0, 0.05) is 11.8 Å². The minimum atomic E-state index is -0.364. The summed E-state index contributed by atoms with van der Waals surface area (Å²) in [6, 6.07) is 7.14. The van der Waals surface area contributed by atoms with E-state index in [2.05, 4.69) is 0 Å². The lowest BCUT2D eigenvalue weighted by molar-refractivity contribution is -0.383. The molecule has 1 aliphatic carbocycles. The van der Waals surface area contributed by atoms with Crippen LogP contribution in [0, 0.1) is 10.1 Å². The van der Waals surface area contributed by atoms with Crippen molar-refractivity contribution < 1.29 is 4.92 Å². The number of hydrogen-bond acceptors (Lipinski definition) is 3. The molecular weight excluding hydrogens is 204 g/mol. The van der Waals surface area contributed by atoms with Crippen molar-refractivity contribution in [2.24, 2.45) is 0 Å². The van der Waals surface area contributed by atoms with Gasteiger partial charge in [-0.1, -0.05) is 12.1 Å². The van der Waals surface area contributed by atoms with Crippen LogP contribution in [0.15, 0.2) is 24.3 Å². The summed E-state index contributed by atoms with van der Waals surface area (Å²) in [6.45, 7) is 0. The number of nitrogens with two attached hydrogens (primary N) is 1. The number of rotatable bonds is 1. The lowest BCUT2D eigenvalue weighted by atomic mass is 10.0. The second-order valence-electron chi connectivity index (χ2n) is 4.06. The van der Waals surface area contributed by atoms with Gasteiger partial charge in [0.05, 0.1) is 10.3 Å².